The lowest BCUT2D eigenvalue weighted by Gasteiger charge is -2.18. The summed E-state index contributed by atoms with van der Waals surface area (Å²) in [6, 6.07) is 0. The lowest BCUT2D eigenvalue weighted by Crippen LogP contribution is -2.30. The number of unbranched alkanes of at least 4 members (excludes halogenated alkanes) is 24. The van der Waals surface area contributed by atoms with E-state index < -0.39 is 6.10 Å². The van der Waals surface area contributed by atoms with Gasteiger partial charge >= 0.3 is 17.9 Å². The zero-order valence-corrected chi connectivity index (χ0v) is 46.9. The van der Waals surface area contributed by atoms with Gasteiger partial charge in [0.05, 0.1) is 0 Å². The standard InChI is InChI=1S/C66H110O6/c1-4-7-10-13-16-19-21-23-25-27-29-30-31-32-33-34-35-36-38-39-41-43-45-47-50-53-56-59-65(68)71-62-63(61-70-64(67)58-55-52-49-18-15-12-9-6-3)72-66(69)60-57-54-51-48-46-44-42-40-37-28-26-24-22-20-17-14-11-8-5-2/h7-8,10-11,16-17,19-20,23-26,29-30,32-33,37,40,63H,4-6,9,12-15,18,21-22,27-28,31,34-36,38-39,41-62H2,1-3H3/b10-7-,11-8-,19-16-,20-17-,25-23-,26-24-,30-29-,33-32-,40-37-. The van der Waals surface area contributed by atoms with Crippen molar-refractivity contribution in [1.29, 1.82) is 0 Å². The average Bonchev–Trinajstić information content (AvgIpc) is 3.38. The first-order chi connectivity index (χ1) is 35.5. The second-order valence-corrected chi connectivity index (χ2v) is 19.5. The van der Waals surface area contributed by atoms with E-state index in [1.807, 2.05) is 0 Å². The van der Waals surface area contributed by atoms with Gasteiger partial charge in [0.15, 0.2) is 6.10 Å². The molecular formula is C66H110O6. The van der Waals surface area contributed by atoms with Gasteiger partial charge in [-0.2, -0.15) is 0 Å². The average molecular weight is 1000 g/mol. The Hall–Kier alpha value is -3.93. The lowest BCUT2D eigenvalue weighted by molar-refractivity contribution is -0.167. The SMILES string of the molecule is CC/C=C\C/C=C\C/C=C\C/C=C\C/C=C\CCCCCCCCCCCCCC(=O)OCC(COC(=O)CCCCCCCCCC)OC(=O)CCCCCCCC/C=C\C/C=C\C/C=C\C/C=C\CC. The number of esters is 3. The molecule has 6 heteroatoms. The van der Waals surface area contributed by atoms with Crippen molar-refractivity contribution < 1.29 is 28.6 Å². The fourth-order valence-electron chi connectivity index (χ4n) is 8.11. The van der Waals surface area contributed by atoms with E-state index >= 15 is 0 Å². The summed E-state index contributed by atoms with van der Waals surface area (Å²) in [6.45, 7) is 6.38. The first-order valence-electron chi connectivity index (χ1n) is 29.9. The van der Waals surface area contributed by atoms with Gasteiger partial charge in [-0.15, -0.1) is 0 Å². The van der Waals surface area contributed by atoms with E-state index in [0.29, 0.717) is 19.3 Å². The number of hydrogen-bond acceptors (Lipinski definition) is 6. The maximum Gasteiger partial charge on any atom is 0.306 e. The van der Waals surface area contributed by atoms with E-state index in [1.165, 1.54) is 103 Å². The normalized spacial score (nSPS) is 12.9. The second kappa shape index (κ2) is 59.6. The van der Waals surface area contributed by atoms with Crippen molar-refractivity contribution in [2.75, 3.05) is 13.2 Å². The summed E-state index contributed by atoms with van der Waals surface area (Å²) in [6.07, 6.45) is 81.0. The molecule has 1 atom stereocenters. The maximum atomic E-state index is 12.8. The third-order valence-electron chi connectivity index (χ3n) is 12.5. The van der Waals surface area contributed by atoms with Crippen LogP contribution in [0.5, 0.6) is 0 Å². The van der Waals surface area contributed by atoms with Crippen LogP contribution in [0.25, 0.3) is 0 Å². The van der Waals surface area contributed by atoms with Crippen molar-refractivity contribution in [3.63, 3.8) is 0 Å². The zero-order chi connectivity index (χ0) is 52.2. The van der Waals surface area contributed by atoms with Crippen molar-refractivity contribution in [3.8, 4) is 0 Å². The summed E-state index contributed by atoms with van der Waals surface area (Å²) in [5.41, 5.74) is 0. The van der Waals surface area contributed by atoms with Crippen LogP contribution in [0.15, 0.2) is 109 Å². The molecule has 0 aromatic heterocycles. The zero-order valence-electron chi connectivity index (χ0n) is 46.9. The topological polar surface area (TPSA) is 78.9 Å². The largest absolute Gasteiger partial charge is 0.462 e. The third-order valence-corrected chi connectivity index (χ3v) is 12.5. The summed E-state index contributed by atoms with van der Waals surface area (Å²) in [5.74, 6) is -0.903. The molecule has 0 aliphatic rings. The summed E-state index contributed by atoms with van der Waals surface area (Å²) < 4.78 is 16.8. The minimum atomic E-state index is -0.786. The van der Waals surface area contributed by atoms with E-state index in [2.05, 4.69) is 130 Å². The van der Waals surface area contributed by atoms with Crippen LogP contribution in [0.3, 0.4) is 0 Å². The van der Waals surface area contributed by atoms with Crippen molar-refractivity contribution in [3.05, 3.63) is 109 Å². The van der Waals surface area contributed by atoms with Gasteiger partial charge in [0.2, 0.25) is 0 Å². The highest BCUT2D eigenvalue weighted by Gasteiger charge is 2.19. The van der Waals surface area contributed by atoms with Crippen molar-refractivity contribution >= 4 is 17.9 Å². The number of carbonyl (C=O) groups is 3. The van der Waals surface area contributed by atoms with Gasteiger partial charge in [0, 0.05) is 19.3 Å². The summed E-state index contributed by atoms with van der Waals surface area (Å²) >= 11 is 0. The van der Waals surface area contributed by atoms with Gasteiger partial charge in [-0.05, 0) is 103 Å². The molecule has 0 radical (unpaired) electrons. The minimum Gasteiger partial charge on any atom is -0.462 e. The molecule has 6 nitrogen and oxygen atoms in total. The van der Waals surface area contributed by atoms with E-state index in [0.717, 1.165) is 128 Å². The highest BCUT2D eigenvalue weighted by Crippen LogP contribution is 2.15. The Morgan fingerprint density at radius 3 is 0.847 bits per heavy atom. The molecule has 0 bridgehead atoms. The molecule has 0 saturated carbocycles. The number of allylic oxidation sites excluding steroid dienone is 18. The van der Waals surface area contributed by atoms with E-state index in [4.69, 9.17) is 14.2 Å². The van der Waals surface area contributed by atoms with Crippen molar-refractivity contribution in [2.45, 2.75) is 277 Å². The Bertz CT molecular complexity index is 1470. The molecule has 72 heavy (non-hydrogen) atoms. The smallest absolute Gasteiger partial charge is 0.306 e. The quantitative estimate of drug-likeness (QED) is 0.0261. The fraction of sp³-hybridized carbons (Fsp3) is 0.682. The highest BCUT2D eigenvalue weighted by atomic mass is 16.6. The molecule has 0 aliphatic heterocycles. The minimum absolute atomic E-state index is 0.0841. The van der Waals surface area contributed by atoms with Crippen LogP contribution < -0.4 is 0 Å². The van der Waals surface area contributed by atoms with Gasteiger partial charge < -0.3 is 14.2 Å². The van der Waals surface area contributed by atoms with E-state index in [1.54, 1.807) is 0 Å². The first-order valence-corrected chi connectivity index (χ1v) is 29.9. The van der Waals surface area contributed by atoms with Crippen LogP contribution in [0.1, 0.15) is 271 Å². The number of rotatable bonds is 53. The predicted octanol–water partition coefficient (Wildman–Crippen LogP) is 20.3. The van der Waals surface area contributed by atoms with E-state index in [-0.39, 0.29) is 31.1 Å². The molecule has 0 heterocycles. The van der Waals surface area contributed by atoms with Crippen LogP contribution in [-0.4, -0.2) is 37.2 Å². The molecular weight excluding hydrogens is 889 g/mol. The Balaban J connectivity index is 4.22. The molecule has 0 rings (SSSR count). The lowest BCUT2D eigenvalue weighted by atomic mass is 10.0. The predicted molar refractivity (Wildman–Crippen MR) is 311 cm³/mol. The van der Waals surface area contributed by atoms with E-state index in [9.17, 15) is 14.4 Å². The van der Waals surface area contributed by atoms with Crippen LogP contribution >= 0.6 is 0 Å². The number of hydrogen-bond donors (Lipinski definition) is 0. The first kappa shape index (κ1) is 68.1. The highest BCUT2D eigenvalue weighted by molar-refractivity contribution is 5.71. The maximum absolute atomic E-state index is 12.8. The molecule has 1 unspecified atom stereocenters. The fourth-order valence-corrected chi connectivity index (χ4v) is 8.11. The summed E-state index contributed by atoms with van der Waals surface area (Å²) in [5, 5.41) is 0. The molecule has 0 aliphatic carbocycles. The second-order valence-electron chi connectivity index (χ2n) is 19.5. The molecule has 0 aromatic rings. The Labute approximate surface area is 444 Å². The Morgan fingerprint density at radius 1 is 0.292 bits per heavy atom. The monoisotopic (exact) mass is 999 g/mol. The van der Waals surface area contributed by atoms with Gasteiger partial charge in [0.25, 0.3) is 0 Å². The summed E-state index contributed by atoms with van der Waals surface area (Å²) in [4.78, 5) is 38.1. The molecule has 0 N–H and O–H groups in total. The van der Waals surface area contributed by atoms with Crippen LogP contribution in [0.2, 0.25) is 0 Å². The van der Waals surface area contributed by atoms with Crippen molar-refractivity contribution in [2.24, 2.45) is 0 Å². The van der Waals surface area contributed by atoms with Crippen LogP contribution in [-0.2, 0) is 28.6 Å². The molecule has 0 spiro atoms. The van der Waals surface area contributed by atoms with Gasteiger partial charge in [-0.3, -0.25) is 14.4 Å². The van der Waals surface area contributed by atoms with Gasteiger partial charge in [-0.25, -0.2) is 0 Å². The Morgan fingerprint density at radius 2 is 0.542 bits per heavy atom. The molecule has 0 fully saturated rings. The van der Waals surface area contributed by atoms with Crippen molar-refractivity contribution in [1.82, 2.24) is 0 Å². The molecule has 0 saturated heterocycles. The number of ether oxygens (including phenoxy) is 3. The third kappa shape index (κ3) is 57.0. The van der Waals surface area contributed by atoms with Crippen LogP contribution in [0, 0.1) is 0 Å². The van der Waals surface area contributed by atoms with Crippen LogP contribution in [0.4, 0.5) is 0 Å². The van der Waals surface area contributed by atoms with Gasteiger partial charge in [-0.1, -0.05) is 259 Å². The molecule has 410 valence electrons. The summed E-state index contributed by atoms with van der Waals surface area (Å²) in [7, 11) is 0. The van der Waals surface area contributed by atoms with Gasteiger partial charge in [0.1, 0.15) is 13.2 Å². The Kier molecular flexibility index (Phi) is 56.4. The molecule has 0 amide bonds. The number of carbonyl (C=O) groups excluding carboxylic acids is 3. The molecule has 0 aromatic carbocycles.